The van der Waals surface area contributed by atoms with Gasteiger partial charge in [0.15, 0.2) is 4.32 Å². The number of halogens is 2. The third-order valence-corrected chi connectivity index (χ3v) is 5.74. The molecule has 4 nitrogen and oxygen atoms in total. The van der Waals surface area contributed by atoms with E-state index < -0.39 is 5.97 Å². The fraction of sp³-hybridized carbons (Fsp3) is 0.0556. The number of aryl methyl sites for hydroxylation is 1. The number of rotatable bonds is 3. The number of aromatic carboxylic acids is 1. The molecule has 0 aliphatic carbocycles. The first-order chi connectivity index (χ1) is 12.3. The van der Waals surface area contributed by atoms with E-state index in [9.17, 15) is 14.7 Å². The fourth-order valence-electron chi connectivity index (χ4n) is 2.45. The fourth-order valence-corrected chi connectivity index (χ4v) is 4.24. The van der Waals surface area contributed by atoms with Crippen LogP contribution >= 0.6 is 47.2 Å². The second-order valence-corrected chi connectivity index (χ2v) is 7.95. The number of benzene rings is 2. The van der Waals surface area contributed by atoms with Crippen LogP contribution in [0.5, 0.6) is 0 Å². The summed E-state index contributed by atoms with van der Waals surface area (Å²) in [5.41, 5.74) is 1.66. The lowest BCUT2D eigenvalue weighted by molar-refractivity contribution is -0.113. The Morgan fingerprint density at radius 3 is 2.50 bits per heavy atom. The summed E-state index contributed by atoms with van der Waals surface area (Å²) in [6.45, 7) is 1.69. The summed E-state index contributed by atoms with van der Waals surface area (Å²) in [6.07, 6.45) is 1.59. The molecule has 1 aliphatic rings. The van der Waals surface area contributed by atoms with Crippen LogP contribution in [0.2, 0.25) is 10.0 Å². The number of carbonyl (C=O) groups excluding carboxylic acids is 1. The zero-order valence-electron chi connectivity index (χ0n) is 13.3. The van der Waals surface area contributed by atoms with E-state index in [2.05, 4.69) is 0 Å². The molecule has 3 rings (SSSR count). The number of carboxylic acids is 1. The highest BCUT2D eigenvalue weighted by Crippen LogP contribution is 2.38. The zero-order chi connectivity index (χ0) is 19.0. The molecule has 0 saturated carbocycles. The quantitative estimate of drug-likeness (QED) is 0.528. The molecule has 1 amide bonds. The summed E-state index contributed by atoms with van der Waals surface area (Å²) in [5, 5.41) is 10.1. The molecule has 1 heterocycles. The number of hydrogen-bond acceptors (Lipinski definition) is 4. The van der Waals surface area contributed by atoms with E-state index in [4.69, 9.17) is 35.4 Å². The normalized spacial score (nSPS) is 15.8. The molecule has 1 N–H and O–H groups in total. The predicted molar refractivity (Wildman–Crippen MR) is 110 cm³/mol. The van der Waals surface area contributed by atoms with Crippen molar-refractivity contribution in [2.45, 2.75) is 6.92 Å². The number of thioether (sulfide) groups is 1. The standard InChI is InChI=1S/C18H11Cl2NO3S2/c1-9-5-6-10(7-11(9)17(23)24)21-16(22)15(26-18(21)25)8-12-13(19)3-2-4-14(12)20/h2-8H,1H3,(H,23,24). The Morgan fingerprint density at radius 1 is 1.23 bits per heavy atom. The van der Waals surface area contributed by atoms with Gasteiger partial charge in [-0.2, -0.15) is 0 Å². The van der Waals surface area contributed by atoms with Crippen LogP contribution in [0.1, 0.15) is 21.5 Å². The van der Waals surface area contributed by atoms with Crippen molar-refractivity contribution in [3.8, 4) is 0 Å². The van der Waals surface area contributed by atoms with Gasteiger partial charge in [-0.15, -0.1) is 0 Å². The monoisotopic (exact) mass is 423 g/mol. The largest absolute Gasteiger partial charge is 0.478 e. The van der Waals surface area contributed by atoms with Crippen molar-refractivity contribution in [1.82, 2.24) is 0 Å². The first kappa shape index (κ1) is 18.9. The Bertz CT molecular complexity index is 968. The molecule has 0 unspecified atom stereocenters. The topological polar surface area (TPSA) is 57.6 Å². The molecular formula is C18H11Cl2NO3S2. The van der Waals surface area contributed by atoms with Crippen molar-refractivity contribution in [1.29, 1.82) is 0 Å². The number of thiocarbonyl (C=S) groups is 1. The lowest BCUT2D eigenvalue weighted by Crippen LogP contribution is -2.27. The van der Waals surface area contributed by atoms with Crippen LogP contribution in [0.15, 0.2) is 41.3 Å². The number of carbonyl (C=O) groups is 2. The molecule has 0 spiro atoms. The van der Waals surface area contributed by atoms with Crippen molar-refractivity contribution in [2.24, 2.45) is 0 Å². The van der Waals surface area contributed by atoms with Gasteiger partial charge in [-0.05, 0) is 42.8 Å². The van der Waals surface area contributed by atoms with Crippen molar-refractivity contribution >= 4 is 75.1 Å². The highest BCUT2D eigenvalue weighted by atomic mass is 35.5. The predicted octanol–water partition coefficient (Wildman–Crippen LogP) is 5.41. The van der Waals surface area contributed by atoms with Crippen molar-refractivity contribution in [3.05, 3.63) is 68.0 Å². The van der Waals surface area contributed by atoms with Gasteiger partial charge in [0.2, 0.25) is 0 Å². The maximum atomic E-state index is 12.8. The molecule has 0 atom stereocenters. The van der Waals surface area contributed by atoms with Crippen LogP contribution in [0.4, 0.5) is 5.69 Å². The smallest absolute Gasteiger partial charge is 0.336 e. The van der Waals surface area contributed by atoms with Gasteiger partial charge in [0.25, 0.3) is 5.91 Å². The summed E-state index contributed by atoms with van der Waals surface area (Å²) in [4.78, 5) is 25.8. The molecule has 132 valence electrons. The first-order valence-electron chi connectivity index (χ1n) is 7.35. The maximum absolute atomic E-state index is 12.8. The molecule has 8 heteroatoms. The molecule has 0 aromatic heterocycles. The minimum Gasteiger partial charge on any atom is -0.478 e. The number of hydrogen-bond donors (Lipinski definition) is 1. The second-order valence-electron chi connectivity index (χ2n) is 5.46. The van der Waals surface area contributed by atoms with Crippen LogP contribution < -0.4 is 4.90 Å². The van der Waals surface area contributed by atoms with Crippen LogP contribution in [0, 0.1) is 6.92 Å². The van der Waals surface area contributed by atoms with E-state index in [-0.39, 0.29) is 11.5 Å². The lowest BCUT2D eigenvalue weighted by Gasteiger charge is -2.16. The molecule has 1 fully saturated rings. The summed E-state index contributed by atoms with van der Waals surface area (Å²) in [6, 6.07) is 9.82. The van der Waals surface area contributed by atoms with Gasteiger partial charge in [0.1, 0.15) is 0 Å². The summed E-state index contributed by atoms with van der Waals surface area (Å²) in [7, 11) is 0. The van der Waals surface area contributed by atoms with E-state index in [0.29, 0.717) is 36.1 Å². The van der Waals surface area contributed by atoms with E-state index in [1.165, 1.54) is 11.0 Å². The van der Waals surface area contributed by atoms with Crippen LogP contribution in [0.3, 0.4) is 0 Å². The van der Waals surface area contributed by atoms with Crippen LogP contribution in [0.25, 0.3) is 6.08 Å². The number of nitrogens with zero attached hydrogens (tertiary/aromatic N) is 1. The summed E-state index contributed by atoms with van der Waals surface area (Å²) < 4.78 is 0.310. The van der Waals surface area contributed by atoms with Crippen molar-refractivity contribution < 1.29 is 14.7 Å². The Kier molecular flexibility index (Phi) is 5.39. The Morgan fingerprint density at radius 2 is 1.88 bits per heavy atom. The van der Waals surface area contributed by atoms with Gasteiger partial charge in [-0.25, -0.2) is 4.79 Å². The van der Waals surface area contributed by atoms with Crippen molar-refractivity contribution in [3.63, 3.8) is 0 Å². The van der Waals surface area contributed by atoms with E-state index >= 15 is 0 Å². The number of carboxylic acid groups (broad SMARTS) is 1. The van der Waals surface area contributed by atoms with Gasteiger partial charge in [-0.1, -0.05) is 59.3 Å². The Hall–Kier alpha value is -1.86. The Balaban J connectivity index is 2.02. The average Bonchev–Trinajstić information content (AvgIpc) is 2.85. The highest BCUT2D eigenvalue weighted by molar-refractivity contribution is 8.27. The molecular weight excluding hydrogens is 413 g/mol. The van der Waals surface area contributed by atoms with E-state index in [1.54, 1.807) is 43.3 Å². The van der Waals surface area contributed by atoms with Crippen molar-refractivity contribution in [2.75, 3.05) is 4.90 Å². The number of amides is 1. The van der Waals surface area contributed by atoms with Crippen LogP contribution in [-0.4, -0.2) is 21.3 Å². The van der Waals surface area contributed by atoms with E-state index in [0.717, 1.165) is 11.8 Å². The molecule has 2 aromatic rings. The molecule has 0 radical (unpaired) electrons. The summed E-state index contributed by atoms with van der Waals surface area (Å²) in [5.74, 6) is -1.41. The van der Waals surface area contributed by atoms with Gasteiger partial charge in [0.05, 0.1) is 16.2 Å². The lowest BCUT2D eigenvalue weighted by atomic mass is 10.1. The SMILES string of the molecule is Cc1ccc(N2C(=O)C(=Cc3c(Cl)cccc3Cl)SC2=S)cc1C(=O)O. The van der Waals surface area contributed by atoms with Gasteiger partial charge < -0.3 is 5.11 Å². The zero-order valence-corrected chi connectivity index (χ0v) is 16.5. The van der Waals surface area contributed by atoms with Crippen LogP contribution in [-0.2, 0) is 4.79 Å². The molecule has 1 aliphatic heterocycles. The summed E-state index contributed by atoms with van der Waals surface area (Å²) >= 11 is 18.7. The number of anilines is 1. The average molecular weight is 424 g/mol. The minimum atomic E-state index is -1.06. The van der Waals surface area contributed by atoms with E-state index in [1.807, 2.05) is 0 Å². The minimum absolute atomic E-state index is 0.120. The highest BCUT2D eigenvalue weighted by Gasteiger charge is 2.34. The third kappa shape index (κ3) is 3.50. The molecule has 0 bridgehead atoms. The third-order valence-electron chi connectivity index (χ3n) is 3.78. The first-order valence-corrected chi connectivity index (χ1v) is 9.33. The maximum Gasteiger partial charge on any atom is 0.336 e. The molecule has 2 aromatic carbocycles. The molecule has 26 heavy (non-hydrogen) atoms. The van der Waals surface area contributed by atoms with Gasteiger partial charge in [-0.3, -0.25) is 9.69 Å². The Labute approximate surface area is 169 Å². The van der Waals surface area contributed by atoms with Gasteiger partial charge >= 0.3 is 5.97 Å². The van der Waals surface area contributed by atoms with Gasteiger partial charge in [0, 0.05) is 15.6 Å². The second kappa shape index (κ2) is 7.40. The molecule has 1 saturated heterocycles.